The highest BCUT2D eigenvalue weighted by Gasteiger charge is 2.23. The van der Waals surface area contributed by atoms with Gasteiger partial charge in [0.15, 0.2) is 0 Å². The van der Waals surface area contributed by atoms with E-state index in [0.717, 1.165) is 32.1 Å². The van der Waals surface area contributed by atoms with Crippen LogP contribution in [-0.2, 0) is 16.4 Å². The van der Waals surface area contributed by atoms with Crippen molar-refractivity contribution in [3.63, 3.8) is 0 Å². The first kappa shape index (κ1) is 23.2. The summed E-state index contributed by atoms with van der Waals surface area (Å²) < 4.78 is 28.0. The maximum absolute atomic E-state index is 13.1. The second-order valence-corrected chi connectivity index (χ2v) is 9.71. The predicted molar refractivity (Wildman–Crippen MR) is 112 cm³/mol. The van der Waals surface area contributed by atoms with E-state index in [1.165, 1.54) is 31.2 Å². The predicted octanol–water partition coefficient (Wildman–Crippen LogP) is 6.04. The molecular weight excluding hydrogens is 342 g/mol. The molecule has 0 aliphatic carbocycles. The number of nitrogens with zero attached hydrogens (tertiary/aromatic N) is 1. The molecule has 0 spiro atoms. The Kier molecular flexibility index (Phi) is 11.1. The second-order valence-electron chi connectivity index (χ2n) is 7.77. The molecule has 3 nitrogen and oxygen atoms in total. The van der Waals surface area contributed by atoms with E-state index in [0.29, 0.717) is 23.9 Å². The van der Waals surface area contributed by atoms with Crippen LogP contribution in [0.4, 0.5) is 0 Å². The van der Waals surface area contributed by atoms with Crippen molar-refractivity contribution >= 4 is 10.0 Å². The van der Waals surface area contributed by atoms with Crippen LogP contribution in [-0.4, -0.2) is 25.8 Å². The molecule has 1 aromatic rings. The van der Waals surface area contributed by atoms with Gasteiger partial charge < -0.3 is 0 Å². The van der Waals surface area contributed by atoms with Gasteiger partial charge in [0.1, 0.15) is 0 Å². The van der Waals surface area contributed by atoms with E-state index in [9.17, 15) is 8.42 Å². The maximum atomic E-state index is 13.1. The highest BCUT2D eigenvalue weighted by molar-refractivity contribution is 7.89. The Morgan fingerprint density at radius 1 is 0.808 bits per heavy atom. The molecule has 0 bridgehead atoms. The van der Waals surface area contributed by atoms with Crippen molar-refractivity contribution in [3.05, 3.63) is 29.8 Å². The number of hydrogen-bond donors (Lipinski definition) is 0. The van der Waals surface area contributed by atoms with Crippen LogP contribution in [0.3, 0.4) is 0 Å². The number of unbranched alkanes of at least 4 members (excludes halogenated alkanes) is 6. The van der Waals surface area contributed by atoms with Gasteiger partial charge in [0.25, 0.3) is 0 Å². The van der Waals surface area contributed by atoms with Crippen molar-refractivity contribution in [1.82, 2.24) is 4.31 Å². The van der Waals surface area contributed by atoms with Crippen LogP contribution in [0.15, 0.2) is 29.2 Å². The normalized spacial score (nSPS) is 12.2. The Balaban J connectivity index is 2.82. The van der Waals surface area contributed by atoms with Gasteiger partial charge in [-0.1, -0.05) is 78.4 Å². The van der Waals surface area contributed by atoms with Gasteiger partial charge in [-0.2, -0.15) is 4.31 Å². The van der Waals surface area contributed by atoms with Gasteiger partial charge >= 0.3 is 0 Å². The molecule has 150 valence electrons. The first-order chi connectivity index (χ1) is 12.4. The van der Waals surface area contributed by atoms with Gasteiger partial charge in [-0.3, -0.25) is 0 Å². The largest absolute Gasteiger partial charge is 0.243 e. The molecule has 0 amide bonds. The molecule has 0 unspecified atom stereocenters. The molecule has 0 atom stereocenters. The smallest absolute Gasteiger partial charge is 0.207 e. The van der Waals surface area contributed by atoms with Crippen molar-refractivity contribution in [3.8, 4) is 0 Å². The first-order valence-corrected chi connectivity index (χ1v) is 11.9. The molecule has 0 fully saturated rings. The topological polar surface area (TPSA) is 37.4 Å². The minimum Gasteiger partial charge on any atom is -0.207 e. The average Bonchev–Trinajstić information content (AvgIpc) is 2.60. The molecule has 4 heteroatoms. The van der Waals surface area contributed by atoms with Gasteiger partial charge in [-0.15, -0.1) is 0 Å². The Labute approximate surface area is 162 Å². The van der Waals surface area contributed by atoms with E-state index in [-0.39, 0.29) is 0 Å². The van der Waals surface area contributed by atoms with Crippen molar-refractivity contribution < 1.29 is 8.42 Å². The van der Waals surface area contributed by atoms with E-state index >= 15 is 0 Å². The maximum Gasteiger partial charge on any atom is 0.243 e. The van der Waals surface area contributed by atoms with Crippen LogP contribution in [0.1, 0.15) is 84.6 Å². The van der Waals surface area contributed by atoms with Gasteiger partial charge in [0, 0.05) is 13.1 Å². The van der Waals surface area contributed by atoms with Gasteiger partial charge in [-0.25, -0.2) is 8.42 Å². The highest BCUT2D eigenvalue weighted by Crippen LogP contribution is 2.20. The van der Waals surface area contributed by atoms with Gasteiger partial charge in [0.2, 0.25) is 10.0 Å². The Morgan fingerprint density at radius 2 is 1.31 bits per heavy atom. The van der Waals surface area contributed by atoms with Gasteiger partial charge in [-0.05, 0) is 42.9 Å². The van der Waals surface area contributed by atoms with Crippen LogP contribution in [0.25, 0.3) is 0 Å². The number of sulfonamides is 1. The van der Waals surface area contributed by atoms with E-state index in [2.05, 4.69) is 27.7 Å². The summed E-state index contributed by atoms with van der Waals surface area (Å²) in [7, 11) is -3.39. The zero-order chi connectivity index (χ0) is 19.4. The molecule has 1 rings (SSSR count). The second kappa shape index (κ2) is 12.5. The highest BCUT2D eigenvalue weighted by atomic mass is 32.2. The van der Waals surface area contributed by atoms with E-state index in [4.69, 9.17) is 0 Å². The molecule has 0 N–H and O–H groups in total. The number of benzene rings is 1. The lowest BCUT2D eigenvalue weighted by molar-refractivity contribution is 0.385. The fraction of sp³-hybridized carbons (Fsp3) is 0.727. The van der Waals surface area contributed by atoms with Crippen molar-refractivity contribution in [2.24, 2.45) is 5.92 Å². The Morgan fingerprint density at radius 3 is 1.73 bits per heavy atom. The standard InChI is InChI=1S/C22H39NO2S/c1-5-7-9-11-17-23(18-12-10-8-6-2)26(24,25)22-15-13-21(14-16-22)19-20(3)4/h13-16,20H,5-12,17-19H2,1-4H3. The van der Waals surface area contributed by atoms with Crippen LogP contribution in [0, 0.1) is 5.92 Å². The van der Waals surface area contributed by atoms with E-state index < -0.39 is 10.0 Å². The fourth-order valence-corrected chi connectivity index (χ4v) is 4.72. The van der Waals surface area contributed by atoms with Crippen LogP contribution in [0.2, 0.25) is 0 Å². The SMILES string of the molecule is CCCCCCN(CCCCCC)S(=O)(=O)c1ccc(CC(C)C)cc1. The number of hydrogen-bond acceptors (Lipinski definition) is 2. The molecule has 0 aliphatic heterocycles. The van der Waals surface area contributed by atoms with E-state index in [1.54, 1.807) is 16.4 Å². The molecule has 0 aliphatic rings. The van der Waals surface area contributed by atoms with Crippen molar-refractivity contribution in [2.45, 2.75) is 90.4 Å². The summed E-state index contributed by atoms with van der Waals surface area (Å²) in [6.07, 6.45) is 9.77. The summed E-state index contributed by atoms with van der Waals surface area (Å²) in [6.45, 7) is 10.00. The van der Waals surface area contributed by atoms with Crippen LogP contribution < -0.4 is 0 Å². The lowest BCUT2D eigenvalue weighted by atomic mass is 10.0. The van der Waals surface area contributed by atoms with E-state index in [1.807, 2.05) is 12.1 Å². The lowest BCUT2D eigenvalue weighted by Crippen LogP contribution is -2.33. The lowest BCUT2D eigenvalue weighted by Gasteiger charge is -2.22. The zero-order valence-corrected chi connectivity index (χ0v) is 18.2. The molecule has 0 aromatic heterocycles. The first-order valence-electron chi connectivity index (χ1n) is 10.5. The molecule has 0 radical (unpaired) electrons. The van der Waals surface area contributed by atoms with Crippen LogP contribution >= 0.6 is 0 Å². The number of rotatable bonds is 14. The average molecular weight is 382 g/mol. The Bertz CT molecular complexity index is 567. The monoisotopic (exact) mass is 381 g/mol. The minimum atomic E-state index is -3.39. The van der Waals surface area contributed by atoms with Crippen LogP contribution in [0.5, 0.6) is 0 Å². The van der Waals surface area contributed by atoms with Gasteiger partial charge in [0.05, 0.1) is 4.90 Å². The quantitative estimate of drug-likeness (QED) is 0.369. The summed E-state index contributed by atoms with van der Waals surface area (Å²) in [5, 5.41) is 0. The molecule has 0 heterocycles. The molecule has 1 aromatic carbocycles. The summed E-state index contributed by atoms with van der Waals surface area (Å²) >= 11 is 0. The van der Waals surface area contributed by atoms with Crippen molar-refractivity contribution in [1.29, 1.82) is 0 Å². The summed E-state index contributed by atoms with van der Waals surface area (Å²) in [4.78, 5) is 0.441. The third-order valence-electron chi connectivity index (χ3n) is 4.73. The third-order valence-corrected chi connectivity index (χ3v) is 6.64. The minimum absolute atomic E-state index is 0.441. The summed E-state index contributed by atoms with van der Waals surface area (Å²) in [5.41, 5.74) is 1.20. The summed E-state index contributed by atoms with van der Waals surface area (Å²) in [6, 6.07) is 7.52. The van der Waals surface area contributed by atoms with Crippen molar-refractivity contribution in [2.75, 3.05) is 13.1 Å². The Hall–Kier alpha value is -0.870. The third kappa shape index (κ3) is 8.22. The molecular formula is C22H39NO2S. The zero-order valence-electron chi connectivity index (χ0n) is 17.3. The summed E-state index contributed by atoms with van der Waals surface area (Å²) in [5.74, 6) is 0.575. The molecule has 26 heavy (non-hydrogen) atoms. The fourth-order valence-electron chi connectivity index (χ4n) is 3.20. The molecule has 0 saturated heterocycles. The molecule has 0 saturated carbocycles.